The van der Waals surface area contributed by atoms with Crippen molar-refractivity contribution >= 4 is 33.7 Å². The highest BCUT2D eigenvalue weighted by molar-refractivity contribution is 9.10. The van der Waals surface area contributed by atoms with Gasteiger partial charge in [-0.25, -0.2) is 4.79 Å². The van der Waals surface area contributed by atoms with Gasteiger partial charge in [0.05, 0.1) is 6.04 Å². The average Bonchev–Trinajstić information content (AvgIpc) is 2.71. The number of amides is 1. The van der Waals surface area contributed by atoms with Crippen molar-refractivity contribution in [3.05, 3.63) is 28.2 Å². The van der Waals surface area contributed by atoms with Gasteiger partial charge in [-0.05, 0) is 37.1 Å². The van der Waals surface area contributed by atoms with E-state index in [0.717, 1.165) is 15.7 Å². The molecule has 1 atom stereocenters. The van der Waals surface area contributed by atoms with Crippen LogP contribution in [0, 0.1) is 6.92 Å². The zero-order chi connectivity index (χ0) is 14.0. The van der Waals surface area contributed by atoms with E-state index < -0.39 is 12.1 Å². The van der Waals surface area contributed by atoms with Gasteiger partial charge in [-0.2, -0.15) is 0 Å². The molecule has 1 N–H and O–H groups in total. The summed E-state index contributed by atoms with van der Waals surface area (Å²) < 4.78 is 5.98. The number of hydrogen-bond donors (Lipinski definition) is 1. The van der Waals surface area contributed by atoms with E-state index in [4.69, 9.17) is 9.84 Å². The number of ether oxygens (including phenoxy) is 1. The number of hydrogen-bond acceptors (Lipinski definition) is 3. The van der Waals surface area contributed by atoms with E-state index in [0.29, 0.717) is 6.42 Å². The Hall–Kier alpha value is -1.56. The summed E-state index contributed by atoms with van der Waals surface area (Å²) in [5.41, 5.74) is 1.74. The maximum atomic E-state index is 11.8. The summed E-state index contributed by atoms with van der Waals surface area (Å²) in [4.78, 5) is 23.9. The van der Waals surface area contributed by atoms with Crippen LogP contribution in [-0.2, 0) is 9.53 Å². The molecule has 1 aromatic carbocycles. The van der Waals surface area contributed by atoms with Gasteiger partial charge in [-0.1, -0.05) is 15.9 Å². The molecule has 1 aliphatic rings. The van der Waals surface area contributed by atoms with E-state index in [2.05, 4.69) is 15.9 Å². The predicted octanol–water partition coefficient (Wildman–Crippen LogP) is 2.95. The minimum atomic E-state index is -0.869. The zero-order valence-electron chi connectivity index (χ0n) is 10.4. The first-order valence-corrected chi connectivity index (χ1v) is 6.72. The Labute approximate surface area is 119 Å². The summed E-state index contributed by atoms with van der Waals surface area (Å²) in [5, 5.41) is 8.73. The molecular weight excluding hydrogens is 314 g/mol. The van der Waals surface area contributed by atoms with Gasteiger partial charge in [0.15, 0.2) is 0 Å². The molecule has 5 nitrogen and oxygen atoms in total. The lowest BCUT2D eigenvalue weighted by Crippen LogP contribution is -2.33. The van der Waals surface area contributed by atoms with Gasteiger partial charge in [0.25, 0.3) is 0 Å². The van der Waals surface area contributed by atoms with Crippen LogP contribution in [0.3, 0.4) is 0 Å². The smallest absolute Gasteiger partial charge is 0.414 e. The summed E-state index contributed by atoms with van der Waals surface area (Å²) in [6.45, 7) is 2.17. The van der Waals surface area contributed by atoms with Crippen LogP contribution in [0.25, 0.3) is 0 Å². The molecule has 1 amide bonds. The molecule has 0 aromatic heterocycles. The quantitative estimate of drug-likeness (QED) is 0.923. The molecule has 1 aromatic rings. The third-order valence-corrected chi connectivity index (χ3v) is 3.96. The Balaban J connectivity index is 2.20. The Kier molecular flexibility index (Phi) is 4.09. The van der Waals surface area contributed by atoms with E-state index in [1.54, 1.807) is 0 Å². The highest BCUT2D eigenvalue weighted by Crippen LogP contribution is 2.28. The van der Waals surface area contributed by atoms with Crippen LogP contribution in [0.2, 0.25) is 0 Å². The fourth-order valence-electron chi connectivity index (χ4n) is 2.06. The second-order valence-electron chi connectivity index (χ2n) is 4.47. The predicted molar refractivity (Wildman–Crippen MR) is 73.4 cm³/mol. The second-order valence-corrected chi connectivity index (χ2v) is 5.32. The van der Waals surface area contributed by atoms with Crippen LogP contribution in [-0.4, -0.2) is 29.8 Å². The number of carboxylic acids is 1. The number of cyclic esters (lactones) is 1. The largest absolute Gasteiger partial charge is 0.481 e. The van der Waals surface area contributed by atoms with E-state index in [-0.39, 0.29) is 19.1 Å². The first-order valence-electron chi connectivity index (χ1n) is 5.93. The maximum absolute atomic E-state index is 11.8. The van der Waals surface area contributed by atoms with Gasteiger partial charge in [0.2, 0.25) is 0 Å². The van der Waals surface area contributed by atoms with Crippen molar-refractivity contribution in [3.8, 4) is 0 Å². The highest BCUT2D eigenvalue weighted by atomic mass is 79.9. The van der Waals surface area contributed by atoms with Crippen molar-refractivity contribution < 1.29 is 19.4 Å². The number of aryl methyl sites for hydroxylation is 1. The summed E-state index contributed by atoms with van der Waals surface area (Å²) in [6.07, 6.45) is -0.0131. The number of halogens is 1. The Morgan fingerprint density at radius 2 is 2.32 bits per heavy atom. The van der Waals surface area contributed by atoms with Crippen LogP contribution in [0.4, 0.5) is 10.5 Å². The molecule has 0 saturated carbocycles. The molecule has 0 spiro atoms. The van der Waals surface area contributed by atoms with Gasteiger partial charge in [0, 0.05) is 16.6 Å². The monoisotopic (exact) mass is 327 g/mol. The molecule has 1 heterocycles. The van der Waals surface area contributed by atoms with Gasteiger partial charge >= 0.3 is 12.1 Å². The van der Waals surface area contributed by atoms with Crippen LogP contribution < -0.4 is 4.90 Å². The highest BCUT2D eigenvalue weighted by Gasteiger charge is 2.34. The lowest BCUT2D eigenvalue weighted by atomic mass is 10.1. The zero-order valence-corrected chi connectivity index (χ0v) is 12.0. The van der Waals surface area contributed by atoms with Gasteiger partial charge in [-0.3, -0.25) is 9.69 Å². The van der Waals surface area contributed by atoms with Crippen LogP contribution in [0.1, 0.15) is 18.4 Å². The molecule has 0 aliphatic carbocycles. The van der Waals surface area contributed by atoms with Crippen molar-refractivity contribution in [3.63, 3.8) is 0 Å². The molecular formula is C13H14BrNO4. The average molecular weight is 328 g/mol. The molecule has 0 bridgehead atoms. The standard InChI is InChI=1S/C13H14BrNO4/c1-8-6-9(2-4-11(8)14)15-10(3-5-12(16)17)7-19-13(15)18/h2,4,6,10H,3,5,7H2,1H3,(H,16,17). The molecule has 1 saturated heterocycles. The molecule has 1 unspecified atom stereocenters. The summed E-state index contributed by atoms with van der Waals surface area (Å²) in [5.74, 6) is -0.869. The van der Waals surface area contributed by atoms with Gasteiger partial charge in [-0.15, -0.1) is 0 Å². The van der Waals surface area contributed by atoms with Gasteiger partial charge < -0.3 is 9.84 Å². The fourth-order valence-corrected chi connectivity index (χ4v) is 2.30. The van der Waals surface area contributed by atoms with Crippen LogP contribution >= 0.6 is 15.9 Å². The number of anilines is 1. The first-order chi connectivity index (χ1) is 8.99. The number of carbonyl (C=O) groups is 2. The summed E-state index contributed by atoms with van der Waals surface area (Å²) >= 11 is 3.41. The number of nitrogens with zero attached hydrogens (tertiary/aromatic N) is 1. The van der Waals surface area contributed by atoms with E-state index in [1.807, 2.05) is 25.1 Å². The molecule has 1 aliphatic heterocycles. The van der Waals surface area contributed by atoms with E-state index in [1.165, 1.54) is 4.90 Å². The summed E-state index contributed by atoms with van der Waals surface area (Å²) in [7, 11) is 0. The van der Waals surface area contributed by atoms with Crippen molar-refractivity contribution in [1.29, 1.82) is 0 Å². The van der Waals surface area contributed by atoms with Crippen LogP contribution in [0.15, 0.2) is 22.7 Å². The summed E-state index contributed by atoms with van der Waals surface area (Å²) in [6, 6.07) is 5.34. The van der Waals surface area contributed by atoms with Crippen molar-refractivity contribution in [2.45, 2.75) is 25.8 Å². The first kappa shape index (κ1) is 13.9. The Morgan fingerprint density at radius 3 is 2.95 bits per heavy atom. The maximum Gasteiger partial charge on any atom is 0.414 e. The van der Waals surface area contributed by atoms with Crippen LogP contribution in [0.5, 0.6) is 0 Å². The van der Waals surface area contributed by atoms with E-state index >= 15 is 0 Å². The minimum absolute atomic E-state index is 0.0211. The molecule has 19 heavy (non-hydrogen) atoms. The van der Waals surface area contributed by atoms with Gasteiger partial charge in [0.1, 0.15) is 6.61 Å². The molecule has 2 rings (SSSR count). The number of rotatable bonds is 4. The Bertz CT molecular complexity index is 517. The number of benzene rings is 1. The van der Waals surface area contributed by atoms with Crippen molar-refractivity contribution in [1.82, 2.24) is 0 Å². The lowest BCUT2D eigenvalue weighted by molar-refractivity contribution is -0.137. The topological polar surface area (TPSA) is 66.8 Å². The number of carbonyl (C=O) groups excluding carboxylic acids is 1. The fraction of sp³-hybridized carbons (Fsp3) is 0.385. The number of carboxylic acid groups (broad SMARTS) is 1. The van der Waals surface area contributed by atoms with Crippen molar-refractivity contribution in [2.75, 3.05) is 11.5 Å². The Morgan fingerprint density at radius 1 is 1.58 bits per heavy atom. The normalized spacial score (nSPS) is 18.5. The molecule has 0 radical (unpaired) electrons. The third-order valence-electron chi connectivity index (χ3n) is 3.07. The number of aliphatic carboxylic acids is 1. The molecule has 102 valence electrons. The van der Waals surface area contributed by atoms with Crippen molar-refractivity contribution in [2.24, 2.45) is 0 Å². The SMILES string of the molecule is Cc1cc(N2C(=O)OCC2CCC(=O)O)ccc1Br. The second kappa shape index (κ2) is 5.61. The molecule has 1 fully saturated rings. The minimum Gasteiger partial charge on any atom is -0.481 e. The lowest BCUT2D eigenvalue weighted by Gasteiger charge is -2.21. The van der Waals surface area contributed by atoms with E-state index in [9.17, 15) is 9.59 Å². The molecule has 6 heteroatoms. The third kappa shape index (κ3) is 3.07.